The second kappa shape index (κ2) is 4.87. The number of carbonyl (C=O) groups is 1. The second-order valence-electron chi connectivity index (χ2n) is 5.43. The molecule has 0 bridgehead atoms. The van der Waals surface area contributed by atoms with E-state index in [4.69, 9.17) is 0 Å². The van der Waals surface area contributed by atoms with Crippen LogP contribution in [0.1, 0.15) is 11.1 Å². The van der Waals surface area contributed by atoms with Gasteiger partial charge in [0.15, 0.2) is 0 Å². The van der Waals surface area contributed by atoms with E-state index >= 15 is 0 Å². The van der Waals surface area contributed by atoms with Gasteiger partial charge in [-0.25, -0.2) is 0 Å². The van der Waals surface area contributed by atoms with E-state index < -0.39 is 0 Å². The zero-order valence-electron chi connectivity index (χ0n) is 12.0. The second-order valence-corrected chi connectivity index (χ2v) is 5.43. The van der Waals surface area contributed by atoms with Gasteiger partial charge >= 0.3 is 0 Å². The van der Waals surface area contributed by atoms with Crippen molar-refractivity contribution in [3.63, 3.8) is 0 Å². The molecule has 1 amide bonds. The van der Waals surface area contributed by atoms with E-state index in [0.717, 1.165) is 27.2 Å². The van der Waals surface area contributed by atoms with Crippen LogP contribution in [0.5, 0.6) is 0 Å². The van der Waals surface area contributed by atoms with Gasteiger partial charge in [0.2, 0.25) is 12.3 Å². The summed E-state index contributed by atoms with van der Waals surface area (Å²) in [6.07, 6.45) is 0. The molecule has 2 aromatic carbocycles. The molecule has 22 heavy (non-hydrogen) atoms. The number of hydrogen-bond acceptors (Lipinski definition) is 3. The van der Waals surface area contributed by atoms with Crippen LogP contribution in [0.4, 0.5) is 11.4 Å². The van der Waals surface area contributed by atoms with Gasteiger partial charge < -0.3 is 15.4 Å². The number of nitrogens with one attached hydrogen (secondary N) is 1. The molecular formula is C17H15N3O2. The molecule has 0 aromatic heterocycles. The monoisotopic (exact) mass is 293 g/mol. The van der Waals surface area contributed by atoms with Crippen molar-refractivity contribution in [1.29, 1.82) is 0 Å². The average Bonchev–Trinajstić information content (AvgIpc) is 2.65. The molecule has 2 aliphatic rings. The summed E-state index contributed by atoms with van der Waals surface area (Å²) in [5, 5.41) is 15.9. The predicted octanol–water partition coefficient (Wildman–Crippen LogP) is 1.81. The Morgan fingerprint density at radius 3 is 2.73 bits per heavy atom. The molecule has 0 saturated heterocycles. The third-order valence-corrected chi connectivity index (χ3v) is 4.09. The number of para-hydroxylation sites is 1. The van der Waals surface area contributed by atoms with Gasteiger partial charge in [0.1, 0.15) is 0 Å². The first-order valence-corrected chi connectivity index (χ1v) is 7.30. The van der Waals surface area contributed by atoms with Gasteiger partial charge in [-0.15, -0.1) is 0 Å². The summed E-state index contributed by atoms with van der Waals surface area (Å²) in [6.45, 7) is 1.12. The van der Waals surface area contributed by atoms with Gasteiger partial charge in [0.25, 0.3) is 5.91 Å². The number of carbonyl (C=O) groups excluding carboxylic acids is 1. The summed E-state index contributed by atoms with van der Waals surface area (Å²) >= 11 is 0. The number of anilines is 2. The van der Waals surface area contributed by atoms with Gasteiger partial charge in [-0.2, -0.15) is 4.74 Å². The Morgan fingerprint density at radius 1 is 1.09 bits per heavy atom. The lowest BCUT2D eigenvalue weighted by molar-refractivity contribution is -0.443. The van der Waals surface area contributed by atoms with Crippen LogP contribution < -0.4 is 10.2 Å². The summed E-state index contributed by atoms with van der Waals surface area (Å²) in [4.78, 5) is 14.1. The normalized spacial score (nSPS) is 16.9. The standard InChI is InChI=1S/C17H15N3O2/c21-15-11-20(22)16(12-5-2-1-3-6-12)13-7-4-8-14-17(13)19(15)10-9-18-14/h1-8,18H,9-11H2. The van der Waals surface area contributed by atoms with Gasteiger partial charge in [0.05, 0.1) is 16.9 Å². The number of nitrogens with zero attached hydrogens (tertiary/aromatic N) is 2. The lowest BCUT2D eigenvalue weighted by atomic mass is 9.98. The number of amides is 1. The minimum Gasteiger partial charge on any atom is -0.623 e. The Balaban J connectivity index is 2.02. The molecule has 0 spiro atoms. The van der Waals surface area contributed by atoms with Crippen molar-refractivity contribution in [2.75, 3.05) is 29.9 Å². The highest BCUT2D eigenvalue weighted by atomic mass is 16.5. The molecule has 0 atom stereocenters. The Morgan fingerprint density at radius 2 is 1.91 bits per heavy atom. The number of hydrogen-bond donors (Lipinski definition) is 1. The Hall–Kier alpha value is -2.82. The van der Waals surface area contributed by atoms with Gasteiger partial charge in [-0.1, -0.05) is 24.3 Å². The fraction of sp³-hybridized carbons (Fsp3) is 0.176. The molecule has 2 heterocycles. The van der Waals surface area contributed by atoms with Gasteiger partial charge in [-0.3, -0.25) is 4.79 Å². The fourth-order valence-electron chi connectivity index (χ4n) is 3.15. The molecular weight excluding hydrogens is 278 g/mol. The van der Waals surface area contributed by atoms with Crippen LogP contribution in [0.25, 0.3) is 0 Å². The van der Waals surface area contributed by atoms with Crippen molar-refractivity contribution in [2.24, 2.45) is 0 Å². The molecule has 4 rings (SSSR count). The topological polar surface area (TPSA) is 58.4 Å². The molecule has 0 aliphatic carbocycles. The van der Waals surface area contributed by atoms with E-state index in [1.807, 2.05) is 48.5 Å². The third-order valence-electron chi connectivity index (χ3n) is 4.09. The van der Waals surface area contributed by atoms with Crippen molar-refractivity contribution in [3.05, 3.63) is 64.9 Å². The Kier molecular flexibility index (Phi) is 2.85. The van der Waals surface area contributed by atoms with E-state index in [-0.39, 0.29) is 12.5 Å². The largest absolute Gasteiger partial charge is 0.623 e. The SMILES string of the molecule is O=C1C[N+]([O-])=C(c2ccccc2)c2cccc3c2N1CCN3. The minimum atomic E-state index is -0.156. The summed E-state index contributed by atoms with van der Waals surface area (Å²) in [5.41, 5.74) is 3.90. The molecule has 2 aromatic rings. The van der Waals surface area contributed by atoms with Crippen LogP contribution in [0, 0.1) is 5.21 Å². The molecule has 0 fully saturated rings. The zero-order chi connectivity index (χ0) is 15.1. The molecule has 0 radical (unpaired) electrons. The van der Waals surface area contributed by atoms with Crippen LogP contribution >= 0.6 is 0 Å². The number of rotatable bonds is 1. The van der Waals surface area contributed by atoms with Crippen molar-refractivity contribution < 1.29 is 9.53 Å². The van der Waals surface area contributed by atoms with Crippen LogP contribution in [0.3, 0.4) is 0 Å². The molecule has 5 nitrogen and oxygen atoms in total. The van der Waals surface area contributed by atoms with Gasteiger partial charge in [0, 0.05) is 18.7 Å². The van der Waals surface area contributed by atoms with E-state index in [0.29, 0.717) is 18.8 Å². The van der Waals surface area contributed by atoms with E-state index in [9.17, 15) is 10.0 Å². The van der Waals surface area contributed by atoms with Crippen LogP contribution in [-0.4, -0.2) is 36.0 Å². The maximum atomic E-state index is 12.6. The molecule has 0 unspecified atom stereocenters. The summed E-state index contributed by atoms with van der Waals surface area (Å²) in [6, 6.07) is 15.3. The Labute approximate surface area is 128 Å². The molecule has 0 saturated carbocycles. The van der Waals surface area contributed by atoms with Crippen molar-refractivity contribution in [1.82, 2.24) is 0 Å². The first-order chi connectivity index (χ1) is 10.8. The van der Waals surface area contributed by atoms with Crippen molar-refractivity contribution >= 4 is 23.0 Å². The lowest BCUT2D eigenvalue weighted by Crippen LogP contribution is -2.41. The maximum Gasteiger partial charge on any atom is 0.293 e. The predicted molar refractivity (Wildman–Crippen MR) is 85.4 cm³/mol. The summed E-state index contributed by atoms with van der Waals surface area (Å²) in [5.74, 6) is -0.156. The highest BCUT2D eigenvalue weighted by Crippen LogP contribution is 2.35. The van der Waals surface area contributed by atoms with Crippen LogP contribution in [0.15, 0.2) is 48.5 Å². The van der Waals surface area contributed by atoms with Crippen molar-refractivity contribution in [2.45, 2.75) is 0 Å². The lowest BCUT2D eigenvalue weighted by Gasteiger charge is -2.29. The van der Waals surface area contributed by atoms with E-state index in [2.05, 4.69) is 5.32 Å². The number of benzene rings is 2. The Bertz CT molecular complexity index is 784. The summed E-state index contributed by atoms with van der Waals surface area (Å²) in [7, 11) is 0. The molecule has 1 N–H and O–H groups in total. The van der Waals surface area contributed by atoms with Crippen LogP contribution in [-0.2, 0) is 4.79 Å². The van der Waals surface area contributed by atoms with E-state index in [1.54, 1.807) is 4.90 Å². The minimum absolute atomic E-state index is 0.154. The quantitative estimate of drug-likeness (QED) is 0.644. The van der Waals surface area contributed by atoms with Gasteiger partial charge in [-0.05, 0) is 24.3 Å². The van der Waals surface area contributed by atoms with E-state index in [1.165, 1.54) is 0 Å². The molecule has 5 heteroatoms. The number of hydroxylamine groups is 1. The first kappa shape index (κ1) is 12.9. The highest BCUT2D eigenvalue weighted by molar-refractivity contribution is 6.18. The summed E-state index contributed by atoms with van der Waals surface area (Å²) < 4.78 is 0.811. The van der Waals surface area contributed by atoms with Crippen LogP contribution in [0.2, 0.25) is 0 Å². The maximum absolute atomic E-state index is 12.6. The highest BCUT2D eigenvalue weighted by Gasteiger charge is 2.34. The average molecular weight is 293 g/mol. The first-order valence-electron chi connectivity index (χ1n) is 7.30. The molecule has 2 aliphatic heterocycles. The molecule has 110 valence electrons. The smallest absolute Gasteiger partial charge is 0.293 e. The zero-order valence-corrected chi connectivity index (χ0v) is 12.0. The van der Waals surface area contributed by atoms with Crippen molar-refractivity contribution in [3.8, 4) is 0 Å². The third kappa shape index (κ3) is 1.86. The fourth-order valence-corrected chi connectivity index (χ4v) is 3.15.